The van der Waals surface area contributed by atoms with Crippen LogP contribution >= 0.6 is 11.3 Å². The zero-order chi connectivity index (χ0) is 25.3. The largest absolute Gasteiger partial charge is 0.376 e. The van der Waals surface area contributed by atoms with Crippen molar-refractivity contribution in [1.82, 2.24) is 9.29 Å². The lowest BCUT2D eigenvalue weighted by Crippen LogP contribution is -2.43. The lowest BCUT2D eigenvalue weighted by molar-refractivity contribution is 0.0917. The molecule has 1 amide bonds. The Hall–Kier alpha value is -2.40. The number of piperidine rings is 1. The predicted octanol–water partition coefficient (Wildman–Crippen LogP) is 5.21. The summed E-state index contributed by atoms with van der Waals surface area (Å²) in [6.45, 7) is 3.47. The highest BCUT2D eigenvalue weighted by Gasteiger charge is 2.33. The number of nitrogens with zero attached hydrogens (tertiary/aromatic N) is 3. The first kappa shape index (κ1) is 25.3. The van der Waals surface area contributed by atoms with Gasteiger partial charge in [-0.1, -0.05) is 30.7 Å². The van der Waals surface area contributed by atoms with Crippen LogP contribution in [0, 0.1) is 5.82 Å². The van der Waals surface area contributed by atoms with Gasteiger partial charge >= 0.3 is 0 Å². The number of anilines is 1. The Morgan fingerprint density at radius 1 is 1.17 bits per heavy atom. The van der Waals surface area contributed by atoms with Crippen molar-refractivity contribution in [3.8, 4) is 0 Å². The first-order valence-electron chi connectivity index (χ1n) is 12.5. The molecular weight excluding hydrogens is 501 g/mol. The topological polar surface area (TPSA) is 79.8 Å². The van der Waals surface area contributed by atoms with E-state index in [1.54, 1.807) is 28.6 Å². The Balaban J connectivity index is 1.44. The first-order chi connectivity index (χ1) is 17.4. The summed E-state index contributed by atoms with van der Waals surface area (Å²) in [6, 6.07) is 10.9. The summed E-state index contributed by atoms with van der Waals surface area (Å²) in [7, 11) is -3.64. The van der Waals surface area contributed by atoms with Crippen LogP contribution in [-0.4, -0.2) is 55.5 Å². The zero-order valence-corrected chi connectivity index (χ0v) is 21.9. The van der Waals surface area contributed by atoms with Gasteiger partial charge in [-0.2, -0.15) is 4.31 Å². The smallest absolute Gasteiger partial charge is 0.260 e. The minimum atomic E-state index is -3.64. The van der Waals surface area contributed by atoms with Crippen LogP contribution in [0.15, 0.2) is 47.4 Å². The number of amides is 1. The van der Waals surface area contributed by atoms with Gasteiger partial charge in [-0.15, -0.1) is 0 Å². The van der Waals surface area contributed by atoms with E-state index in [1.165, 1.54) is 34.4 Å². The van der Waals surface area contributed by atoms with Gasteiger partial charge in [-0.25, -0.2) is 17.8 Å². The molecule has 2 fully saturated rings. The standard InChI is InChI=1S/C26H30FN3O4S2/c1-2-19-7-3-4-15-30(19)36(32,33)21-13-11-18(12-14-21)25(31)29(17-20-8-6-16-34-20)26-28-24-22(27)9-5-10-23(24)35-26/h5,9-14,19-20H,2-4,6-8,15-17H2,1H3. The number of ether oxygens (including phenoxy) is 1. The zero-order valence-electron chi connectivity index (χ0n) is 20.2. The Bertz CT molecular complexity index is 1340. The highest BCUT2D eigenvalue weighted by Crippen LogP contribution is 2.33. The lowest BCUT2D eigenvalue weighted by atomic mass is 10.0. The van der Waals surface area contributed by atoms with E-state index in [0.717, 1.165) is 38.5 Å². The fraction of sp³-hybridized carbons (Fsp3) is 0.462. The second-order valence-electron chi connectivity index (χ2n) is 9.33. The van der Waals surface area contributed by atoms with E-state index in [1.807, 2.05) is 6.92 Å². The van der Waals surface area contributed by atoms with Gasteiger partial charge in [0.15, 0.2) is 5.13 Å². The highest BCUT2D eigenvalue weighted by atomic mass is 32.2. The monoisotopic (exact) mass is 531 g/mol. The molecule has 2 saturated heterocycles. The summed E-state index contributed by atoms with van der Waals surface area (Å²) < 4.78 is 49.0. The van der Waals surface area contributed by atoms with Crippen molar-refractivity contribution in [2.45, 2.75) is 62.5 Å². The number of rotatable bonds is 7. The van der Waals surface area contributed by atoms with Crippen molar-refractivity contribution in [3.63, 3.8) is 0 Å². The molecule has 1 aromatic heterocycles. The second kappa shape index (κ2) is 10.5. The molecule has 0 aliphatic carbocycles. The Morgan fingerprint density at radius 3 is 2.67 bits per heavy atom. The van der Waals surface area contributed by atoms with Crippen molar-refractivity contribution >= 4 is 42.6 Å². The number of fused-ring (bicyclic) bond motifs is 1. The van der Waals surface area contributed by atoms with E-state index in [2.05, 4.69) is 4.98 Å². The van der Waals surface area contributed by atoms with Gasteiger partial charge in [-0.3, -0.25) is 9.69 Å². The number of benzene rings is 2. The molecule has 2 atom stereocenters. The summed E-state index contributed by atoms with van der Waals surface area (Å²) in [5.41, 5.74) is 0.577. The van der Waals surface area contributed by atoms with Gasteiger partial charge < -0.3 is 4.74 Å². The van der Waals surface area contributed by atoms with Gasteiger partial charge in [0.25, 0.3) is 5.91 Å². The third-order valence-electron chi connectivity index (χ3n) is 7.00. The Labute approximate surface area is 214 Å². The highest BCUT2D eigenvalue weighted by molar-refractivity contribution is 7.89. The molecule has 2 aromatic carbocycles. The van der Waals surface area contributed by atoms with Crippen molar-refractivity contribution in [1.29, 1.82) is 0 Å². The third-order valence-corrected chi connectivity index (χ3v) is 10.0. The van der Waals surface area contributed by atoms with E-state index in [-0.39, 0.29) is 28.5 Å². The van der Waals surface area contributed by atoms with Crippen LogP contribution in [0.4, 0.5) is 9.52 Å². The Kier molecular flexibility index (Phi) is 7.39. The second-order valence-corrected chi connectivity index (χ2v) is 12.2. The van der Waals surface area contributed by atoms with E-state index in [0.29, 0.717) is 35.1 Å². The van der Waals surface area contributed by atoms with Gasteiger partial charge in [-0.05, 0) is 68.5 Å². The quantitative estimate of drug-likeness (QED) is 0.418. The predicted molar refractivity (Wildman–Crippen MR) is 138 cm³/mol. The summed E-state index contributed by atoms with van der Waals surface area (Å²) in [5, 5.41) is 0.395. The Morgan fingerprint density at radius 2 is 1.97 bits per heavy atom. The molecule has 0 radical (unpaired) electrons. The lowest BCUT2D eigenvalue weighted by Gasteiger charge is -2.34. The van der Waals surface area contributed by atoms with E-state index < -0.39 is 15.8 Å². The maximum atomic E-state index is 14.3. The molecule has 0 saturated carbocycles. The molecule has 5 rings (SSSR count). The normalized spacial score (nSPS) is 21.2. The number of hydrogen-bond donors (Lipinski definition) is 0. The summed E-state index contributed by atoms with van der Waals surface area (Å²) in [5.74, 6) is -0.754. The molecule has 2 aliphatic heterocycles. The van der Waals surface area contributed by atoms with Gasteiger partial charge in [0, 0.05) is 24.8 Å². The number of carbonyl (C=O) groups excluding carboxylic acids is 1. The molecule has 3 aromatic rings. The van der Waals surface area contributed by atoms with Crippen LogP contribution in [0.3, 0.4) is 0 Å². The molecular formula is C26H30FN3O4S2. The molecule has 0 bridgehead atoms. The van der Waals surface area contributed by atoms with Crippen LogP contribution < -0.4 is 4.90 Å². The SMILES string of the molecule is CCC1CCCCN1S(=O)(=O)c1ccc(C(=O)N(CC2CCCO2)c2nc3c(F)cccc3s2)cc1. The molecule has 10 heteroatoms. The van der Waals surface area contributed by atoms with Crippen molar-refractivity contribution in [3.05, 3.63) is 53.8 Å². The average molecular weight is 532 g/mol. The molecule has 36 heavy (non-hydrogen) atoms. The fourth-order valence-electron chi connectivity index (χ4n) is 5.02. The number of carbonyl (C=O) groups is 1. The molecule has 2 aliphatic rings. The molecule has 2 unspecified atom stereocenters. The maximum absolute atomic E-state index is 14.3. The summed E-state index contributed by atoms with van der Waals surface area (Å²) in [6.07, 6.45) is 5.15. The molecule has 192 valence electrons. The number of hydrogen-bond acceptors (Lipinski definition) is 6. The molecule has 3 heterocycles. The van der Waals surface area contributed by atoms with Crippen LogP contribution in [-0.2, 0) is 14.8 Å². The maximum Gasteiger partial charge on any atom is 0.260 e. The summed E-state index contributed by atoms with van der Waals surface area (Å²) in [4.78, 5) is 19.8. The fourth-order valence-corrected chi connectivity index (χ4v) is 7.77. The van der Waals surface area contributed by atoms with Crippen LogP contribution in [0.5, 0.6) is 0 Å². The number of para-hydroxylation sites is 1. The molecule has 0 N–H and O–H groups in total. The van der Waals surface area contributed by atoms with Crippen molar-refractivity contribution in [2.75, 3.05) is 24.6 Å². The minimum absolute atomic E-state index is 0.00592. The minimum Gasteiger partial charge on any atom is -0.376 e. The van der Waals surface area contributed by atoms with Crippen LogP contribution in [0.1, 0.15) is 55.8 Å². The number of sulfonamides is 1. The van der Waals surface area contributed by atoms with E-state index in [9.17, 15) is 17.6 Å². The molecule has 7 nitrogen and oxygen atoms in total. The van der Waals surface area contributed by atoms with Gasteiger partial charge in [0.1, 0.15) is 11.3 Å². The first-order valence-corrected chi connectivity index (χ1v) is 14.7. The number of aromatic nitrogens is 1. The third kappa shape index (κ3) is 4.91. The van der Waals surface area contributed by atoms with Crippen LogP contribution in [0.2, 0.25) is 0 Å². The van der Waals surface area contributed by atoms with Gasteiger partial charge in [0.05, 0.1) is 22.2 Å². The number of thiazole rings is 1. The van der Waals surface area contributed by atoms with E-state index >= 15 is 0 Å². The van der Waals surface area contributed by atoms with Crippen LogP contribution in [0.25, 0.3) is 10.2 Å². The number of halogens is 1. The van der Waals surface area contributed by atoms with Crippen molar-refractivity contribution < 1.29 is 22.3 Å². The van der Waals surface area contributed by atoms with Crippen molar-refractivity contribution in [2.24, 2.45) is 0 Å². The van der Waals surface area contributed by atoms with E-state index in [4.69, 9.17) is 4.74 Å². The van der Waals surface area contributed by atoms with Gasteiger partial charge in [0.2, 0.25) is 10.0 Å². The molecule has 0 spiro atoms. The average Bonchev–Trinajstić information content (AvgIpc) is 3.57. The summed E-state index contributed by atoms with van der Waals surface area (Å²) >= 11 is 1.25.